The van der Waals surface area contributed by atoms with Crippen LogP contribution in [0.15, 0.2) is 182 Å². The summed E-state index contributed by atoms with van der Waals surface area (Å²) in [6, 6.07) is 67.6. The summed E-state index contributed by atoms with van der Waals surface area (Å²) in [5, 5.41) is 7.37. The first kappa shape index (κ1) is 32.8. The van der Waals surface area contributed by atoms with Crippen LogP contribution in [-0.4, -0.2) is 0 Å². The fourth-order valence-electron chi connectivity index (χ4n) is 9.85. The van der Waals surface area contributed by atoms with Crippen molar-refractivity contribution >= 4 is 66.4 Å². The van der Waals surface area contributed by atoms with E-state index >= 15 is 0 Å². The van der Waals surface area contributed by atoms with Crippen LogP contribution in [0.3, 0.4) is 0 Å². The van der Waals surface area contributed by atoms with Gasteiger partial charge in [-0.25, -0.2) is 0 Å². The molecule has 2 heterocycles. The molecule has 56 heavy (non-hydrogen) atoms. The van der Waals surface area contributed by atoms with E-state index in [1.807, 2.05) is 0 Å². The lowest BCUT2D eigenvalue weighted by atomic mass is 9.66. The predicted octanol–water partition coefficient (Wildman–Crippen LogP) is 15.0. The molecule has 0 N–H and O–H groups in total. The van der Waals surface area contributed by atoms with Gasteiger partial charge in [0.25, 0.3) is 0 Å². The van der Waals surface area contributed by atoms with Crippen molar-refractivity contribution in [3.8, 4) is 11.1 Å². The molecular formula is C54H42N2. The monoisotopic (exact) mass is 718 g/mol. The first-order valence-corrected chi connectivity index (χ1v) is 19.8. The van der Waals surface area contributed by atoms with Crippen molar-refractivity contribution in [1.82, 2.24) is 0 Å². The number of fused-ring (bicyclic) bond motifs is 7. The highest BCUT2D eigenvalue weighted by Gasteiger charge is 2.45. The van der Waals surface area contributed by atoms with Crippen molar-refractivity contribution in [3.63, 3.8) is 0 Å². The maximum Gasteiger partial charge on any atom is 0.0543 e. The van der Waals surface area contributed by atoms with Crippen LogP contribution in [0.1, 0.15) is 49.9 Å². The van der Waals surface area contributed by atoms with Crippen LogP contribution >= 0.6 is 0 Å². The van der Waals surface area contributed by atoms with E-state index in [2.05, 4.69) is 219 Å². The fourth-order valence-corrected chi connectivity index (χ4v) is 9.85. The molecule has 268 valence electrons. The summed E-state index contributed by atoms with van der Waals surface area (Å²) in [5.74, 6) is 0. The SMILES string of the molecule is CC1(C)c2ccccc2N2c3ccc(-c4cccc5c(N(c6ccc7ccccc7c6)c6ccc7ccccc7c6)cccc45)cc3C(C)(C)c3cccc1c32. The van der Waals surface area contributed by atoms with Crippen LogP contribution in [0.5, 0.6) is 0 Å². The summed E-state index contributed by atoms with van der Waals surface area (Å²) in [6.07, 6.45) is 0. The van der Waals surface area contributed by atoms with E-state index in [-0.39, 0.29) is 10.8 Å². The van der Waals surface area contributed by atoms with Crippen LogP contribution < -0.4 is 9.80 Å². The van der Waals surface area contributed by atoms with Gasteiger partial charge in [0.1, 0.15) is 0 Å². The van der Waals surface area contributed by atoms with Gasteiger partial charge in [0, 0.05) is 27.6 Å². The third-order valence-corrected chi connectivity index (χ3v) is 12.8. The number of hydrogen-bond acceptors (Lipinski definition) is 2. The molecule has 0 aliphatic carbocycles. The maximum atomic E-state index is 2.54. The molecule has 0 fully saturated rings. The molecule has 0 aromatic heterocycles. The second-order valence-corrected chi connectivity index (χ2v) is 16.6. The second kappa shape index (κ2) is 11.9. The van der Waals surface area contributed by atoms with Crippen molar-refractivity contribution < 1.29 is 0 Å². The lowest BCUT2D eigenvalue weighted by Crippen LogP contribution is -2.38. The van der Waals surface area contributed by atoms with E-state index in [9.17, 15) is 0 Å². The third-order valence-electron chi connectivity index (χ3n) is 12.8. The zero-order chi connectivity index (χ0) is 37.8. The Bertz CT molecular complexity index is 2980. The van der Waals surface area contributed by atoms with Crippen molar-refractivity contribution in [2.45, 2.75) is 38.5 Å². The summed E-state index contributed by atoms with van der Waals surface area (Å²) >= 11 is 0. The standard InChI is InChI=1S/C54H42N2/c1-53(2)45-21-9-10-24-50(45)56-51-31-28-39(34-48(51)54(3,4)47-23-13-22-46(53)52(47)56)42-18-11-20-44-43(42)19-12-25-49(44)55(40-29-26-35-14-5-7-16-37(35)32-40)41-30-27-36-15-6-8-17-38(36)33-41/h5-34H,1-4H3. The van der Waals surface area contributed by atoms with E-state index in [0.29, 0.717) is 0 Å². The number of anilines is 6. The maximum absolute atomic E-state index is 2.54. The van der Waals surface area contributed by atoms with Crippen molar-refractivity contribution in [3.05, 3.63) is 204 Å². The Morgan fingerprint density at radius 1 is 0.393 bits per heavy atom. The highest BCUT2D eigenvalue weighted by Crippen LogP contribution is 2.60. The predicted molar refractivity (Wildman–Crippen MR) is 238 cm³/mol. The highest BCUT2D eigenvalue weighted by molar-refractivity contribution is 6.07. The molecule has 0 unspecified atom stereocenters. The molecule has 0 atom stereocenters. The summed E-state index contributed by atoms with van der Waals surface area (Å²) in [4.78, 5) is 4.98. The quantitative estimate of drug-likeness (QED) is 0.179. The largest absolute Gasteiger partial charge is 0.310 e. The summed E-state index contributed by atoms with van der Waals surface area (Å²) < 4.78 is 0. The summed E-state index contributed by atoms with van der Waals surface area (Å²) in [7, 11) is 0. The summed E-state index contributed by atoms with van der Waals surface area (Å²) in [5.41, 5.74) is 15.0. The zero-order valence-corrected chi connectivity index (χ0v) is 32.2. The van der Waals surface area contributed by atoms with Gasteiger partial charge in [-0.05, 0) is 109 Å². The van der Waals surface area contributed by atoms with Gasteiger partial charge < -0.3 is 9.80 Å². The first-order chi connectivity index (χ1) is 27.3. The minimum atomic E-state index is -0.200. The molecule has 0 spiro atoms. The molecule has 11 rings (SSSR count). The topological polar surface area (TPSA) is 6.48 Å². The Labute approximate surface area is 328 Å². The average molecular weight is 719 g/mol. The Kier molecular flexibility index (Phi) is 6.98. The Morgan fingerprint density at radius 2 is 0.929 bits per heavy atom. The molecule has 0 radical (unpaired) electrons. The van der Waals surface area contributed by atoms with Crippen molar-refractivity contribution in [2.24, 2.45) is 0 Å². The molecule has 9 aromatic rings. The number of para-hydroxylation sites is 2. The fraction of sp³-hybridized carbons (Fsp3) is 0.111. The van der Waals surface area contributed by atoms with Gasteiger partial charge in [-0.1, -0.05) is 161 Å². The zero-order valence-electron chi connectivity index (χ0n) is 32.2. The van der Waals surface area contributed by atoms with Crippen LogP contribution in [0.25, 0.3) is 43.4 Å². The lowest BCUT2D eigenvalue weighted by molar-refractivity contribution is 0.597. The van der Waals surface area contributed by atoms with E-state index in [0.717, 1.165) is 17.1 Å². The Hall–Kier alpha value is -6.64. The molecule has 9 aromatic carbocycles. The Balaban J connectivity index is 1.10. The molecular weight excluding hydrogens is 677 g/mol. The molecule has 2 heteroatoms. The van der Waals surface area contributed by atoms with Gasteiger partial charge in [-0.2, -0.15) is 0 Å². The Morgan fingerprint density at radius 3 is 1.62 bits per heavy atom. The first-order valence-electron chi connectivity index (χ1n) is 19.8. The molecule has 2 nitrogen and oxygen atoms in total. The normalized spacial score (nSPS) is 14.7. The van der Waals surface area contributed by atoms with E-state index in [4.69, 9.17) is 0 Å². The van der Waals surface area contributed by atoms with E-state index in [1.54, 1.807) is 0 Å². The number of rotatable bonds is 4. The van der Waals surface area contributed by atoms with Gasteiger partial charge in [-0.15, -0.1) is 0 Å². The van der Waals surface area contributed by atoms with E-state index in [1.165, 1.54) is 82.8 Å². The minimum Gasteiger partial charge on any atom is -0.310 e. The number of hydrogen-bond donors (Lipinski definition) is 0. The number of nitrogens with zero attached hydrogens (tertiary/aromatic N) is 2. The van der Waals surface area contributed by atoms with Crippen LogP contribution in [-0.2, 0) is 10.8 Å². The molecule has 2 aliphatic rings. The van der Waals surface area contributed by atoms with Crippen LogP contribution in [0.2, 0.25) is 0 Å². The summed E-state index contributed by atoms with van der Waals surface area (Å²) in [6.45, 7) is 9.56. The van der Waals surface area contributed by atoms with Gasteiger partial charge in [0.15, 0.2) is 0 Å². The van der Waals surface area contributed by atoms with E-state index < -0.39 is 0 Å². The van der Waals surface area contributed by atoms with Gasteiger partial charge >= 0.3 is 0 Å². The van der Waals surface area contributed by atoms with Crippen LogP contribution in [0.4, 0.5) is 34.1 Å². The molecule has 0 amide bonds. The number of benzene rings is 9. The third kappa shape index (κ3) is 4.69. The molecule has 0 bridgehead atoms. The molecule has 0 saturated heterocycles. The second-order valence-electron chi connectivity index (χ2n) is 16.6. The average Bonchev–Trinajstić information content (AvgIpc) is 3.23. The minimum absolute atomic E-state index is 0.0970. The van der Waals surface area contributed by atoms with Gasteiger partial charge in [-0.3, -0.25) is 0 Å². The smallest absolute Gasteiger partial charge is 0.0543 e. The van der Waals surface area contributed by atoms with Crippen LogP contribution in [0, 0.1) is 0 Å². The molecule has 2 aliphatic heterocycles. The lowest BCUT2D eigenvalue weighted by Gasteiger charge is -2.49. The van der Waals surface area contributed by atoms with Gasteiger partial charge in [0.05, 0.1) is 22.7 Å². The van der Waals surface area contributed by atoms with Crippen molar-refractivity contribution in [1.29, 1.82) is 0 Å². The van der Waals surface area contributed by atoms with Gasteiger partial charge in [0.2, 0.25) is 0 Å². The highest BCUT2D eigenvalue weighted by atomic mass is 15.2. The van der Waals surface area contributed by atoms with Crippen molar-refractivity contribution in [2.75, 3.05) is 9.80 Å². The molecule has 0 saturated carbocycles.